The van der Waals surface area contributed by atoms with E-state index < -0.39 is 5.41 Å². The molecule has 0 aliphatic rings. The first-order valence-electron chi connectivity index (χ1n) is 9.32. The van der Waals surface area contributed by atoms with Gasteiger partial charge < -0.3 is 21.7 Å². The summed E-state index contributed by atoms with van der Waals surface area (Å²) in [6, 6.07) is 29.8. The van der Waals surface area contributed by atoms with Gasteiger partial charge in [-0.25, -0.2) is 0 Å². The lowest BCUT2D eigenvalue weighted by Crippen LogP contribution is -2.31. The molecule has 4 aromatic carbocycles. The molecule has 0 aliphatic carbocycles. The summed E-state index contributed by atoms with van der Waals surface area (Å²) in [6.45, 7) is 0. The lowest BCUT2D eigenvalue weighted by Gasteiger charge is -2.37. The van der Waals surface area contributed by atoms with Crippen LogP contribution in [0.1, 0.15) is 22.3 Å². The normalized spacial score (nSPS) is 11.3. The van der Waals surface area contributed by atoms with E-state index in [-0.39, 0.29) is 11.5 Å². The van der Waals surface area contributed by atoms with Crippen LogP contribution in [-0.4, -0.2) is 10.2 Å². The molecule has 29 heavy (non-hydrogen) atoms. The van der Waals surface area contributed by atoms with Crippen molar-refractivity contribution in [3.63, 3.8) is 0 Å². The second-order valence-corrected chi connectivity index (χ2v) is 7.04. The van der Waals surface area contributed by atoms with Crippen LogP contribution >= 0.6 is 0 Å². The number of hydrogen-bond acceptors (Lipinski definition) is 4. The Morgan fingerprint density at radius 2 is 0.897 bits per heavy atom. The van der Waals surface area contributed by atoms with Crippen LogP contribution in [0.15, 0.2) is 97.1 Å². The van der Waals surface area contributed by atoms with E-state index in [1.807, 2.05) is 60.7 Å². The number of phenolic OH excluding ortho intramolecular Hbond substituents is 2. The molecule has 4 rings (SSSR count). The van der Waals surface area contributed by atoms with Crippen molar-refractivity contribution in [3.05, 3.63) is 119 Å². The maximum atomic E-state index is 11.0. The van der Waals surface area contributed by atoms with E-state index in [0.29, 0.717) is 22.5 Å². The van der Waals surface area contributed by atoms with E-state index in [0.717, 1.165) is 11.1 Å². The van der Waals surface area contributed by atoms with Gasteiger partial charge in [0.2, 0.25) is 0 Å². The minimum atomic E-state index is -0.974. The van der Waals surface area contributed by atoms with Gasteiger partial charge in [0.05, 0.1) is 5.41 Å². The molecule has 0 aromatic heterocycles. The first-order valence-corrected chi connectivity index (χ1v) is 9.32. The Hall–Kier alpha value is -3.92. The van der Waals surface area contributed by atoms with Gasteiger partial charge in [-0.2, -0.15) is 0 Å². The second kappa shape index (κ2) is 7.24. The molecule has 0 unspecified atom stereocenters. The Labute approximate surface area is 169 Å². The van der Waals surface area contributed by atoms with Crippen LogP contribution in [0.25, 0.3) is 0 Å². The summed E-state index contributed by atoms with van der Waals surface area (Å²) in [5.74, 6) is 0.0999. The fraction of sp³-hybridized carbons (Fsp3) is 0.0400. The van der Waals surface area contributed by atoms with E-state index in [4.69, 9.17) is 11.5 Å². The predicted octanol–water partition coefficient (Wildman–Crippen LogP) is 4.64. The molecule has 4 nitrogen and oxygen atoms in total. The molecular weight excluding hydrogens is 360 g/mol. The highest BCUT2D eigenvalue weighted by molar-refractivity contribution is 5.68. The Morgan fingerprint density at radius 1 is 0.517 bits per heavy atom. The van der Waals surface area contributed by atoms with E-state index in [1.54, 1.807) is 24.3 Å². The van der Waals surface area contributed by atoms with Crippen molar-refractivity contribution in [1.82, 2.24) is 0 Å². The number of aromatic hydroxyl groups is 2. The summed E-state index contributed by atoms with van der Waals surface area (Å²) >= 11 is 0. The SMILES string of the molecule is Nc1ccc(C(c2ccccc2)(c2ccccc2)c2ccc(N)cc2O)c(O)c1. The Balaban J connectivity index is 2.20. The molecule has 0 fully saturated rings. The van der Waals surface area contributed by atoms with Crippen molar-refractivity contribution >= 4 is 11.4 Å². The molecular formula is C25H22N2O2. The van der Waals surface area contributed by atoms with Crippen LogP contribution in [0.2, 0.25) is 0 Å². The minimum absolute atomic E-state index is 0.0499. The molecule has 4 aromatic rings. The molecule has 4 heteroatoms. The highest BCUT2D eigenvalue weighted by Gasteiger charge is 2.42. The summed E-state index contributed by atoms with van der Waals surface area (Å²) in [4.78, 5) is 0. The highest BCUT2D eigenvalue weighted by Crippen LogP contribution is 2.51. The topological polar surface area (TPSA) is 92.5 Å². The predicted molar refractivity (Wildman–Crippen MR) is 117 cm³/mol. The van der Waals surface area contributed by atoms with Gasteiger partial charge in [-0.05, 0) is 23.3 Å². The average molecular weight is 382 g/mol. The van der Waals surface area contributed by atoms with Crippen molar-refractivity contribution in [3.8, 4) is 11.5 Å². The van der Waals surface area contributed by atoms with E-state index in [2.05, 4.69) is 0 Å². The molecule has 0 spiro atoms. The van der Waals surface area contributed by atoms with E-state index >= 15 is 0 Å². The monoisotopic (exact) mass is 382 g/mol. The molecule has 0 saturated heterocycles. The first-order chi connectivity index (χ1) is 14.0. The quantitative estimate of drug-likeness (QED) is 0.305. The number of nitrogens with two attached hydrogens (primary N) is 2. The molecule has 144 valence electrons. The summed E-state index contributed by atoms with van der Waals surface area (Å²) in [6.07, 6.45) is 0. The average Bonchev–Trinajstić information content (AvgIpc) is 2.72. The molecule has 0 amide bonds. The maximum Gasteiger partial charge on any atom is 0.122 e. The highest BCUT2D eigenvalue weighted by atomic mass is 16.3. The van der Waals surface area contributed by atoms with Gasteiger partial charge in [0, 0.05) is 34.6 Å². The number of phenols is 2. The van der Waals surface area contributed by atoms with Gasteiger partial charge in [-0.1, -0.05) is 72.8 Å². The fourth-order valence-electron chi connectivity index (χ4n) is 4.04. The first kappa shape index (κ1) is 18.4. The Bertz CT molecular complexity index is 1050. The molecule has 0 atom stereocenters. The van der Waals surface area contributed by atoms with Crippen LogP contribution in [-0.2, 0) is 5.41 Å². The molecule has 0 aliphatic heterocycles. The number of rotatable bonds is 4. The molecule has 0 radical (unpaired) electrons. The van der Waals surface area contributed by atoms with Gasteiger partial charge in [-0.3, -0.25) is 0 Å². The van der Waals surface area contributed by atoms with Crippen LogP contribution in [0.5, 0.6) is 11.5 Å². The maximum absolute atomic E-state index is 11.0. The Morgan fingerprint density at radius 3 is 1.24 bits per heavy atom. The largest absolute Gasteiger partial charge is 0.508 e. The third-order valence-electron chi connectivity index (χ3n) is 5.27. The second-order valence-electron chi connectivity index (χ2n) is 7.04. The van der Waals surface area contributed by atoms with Crippen LogP contribution in [0, 0.1) is 0 Å². The molecule has 0 bridgehead atoms. The number of nitrogen functional groups attached to an aromatic ring is 2. The van der Waals surface area contributed by atoms with Crippen molar-refractivity contribution in [2.45, 2.75) is 5.41 Å². The van der Waals surface area contributed by atoms with Gasteiger partial charge >= 0.3 is 0 Å². The zero-order chi connectivity index (χ0) is 20.4. The third-order valence-corrected chi connectivity index (χ3v) is 5.27. The Kier molecular flexibility index (Phi) is 4.61. The number of benzene rings is 4. The molecule has 0 heterocycles. The summed E-state index contributed by atoms with van der Waals surface area (Å²) in [5, 5.41) is 21.9. The third kappa shape index (κ3) is 3.05. The van der Waals surface area contributed by atoms with Crippen molar-refractivity contribution < 1.29 is 10.2 Å². The van der Waals surface area contributed by atoms with Gasteiger partial charge in [0.25, 0.3) is 0 Å². The summed E-state index contributed by atoms with van der Waals surface area (Å²) in [7, 11) is 0. The lowest BCUT2D eigenvalue weighted by molar-refractivity contribution is 0.447. The standard InChI is InChI=1S/C25H22N2O2/c26-19-11-13-21(23(28)15-19)25(17-7-3-1-4-8-17,18-9-5-2-6-10-18)22-14-12-20(27)16-24(22)29/h1-16,28-29H,26-27H2. The smallest absolute Gasteiger partial charge is 0.122 e. The van der Waals surface area contributed by atoms with Gasteiger partial charge in [-0.15, -0.1) is 0 Å². The zero-order valence-corrected chi connectivity index (χ0v) is 15.8. The van der Waals surface area contributed by atoms with Crippen LogP contribution in [0.4, 0.5) is 11.4 Å². The van der Waals surface area contributed by atoms with Crippen LogP contribution in [0.3, 0.4) is 0 Å². The minimum Gasteiger partial charge on any atom is -0.508 e. The lowest BCUT2D eigenvalue weighted by atomic mass is 9.64. The van der Waals surface area contributed by atoms with E-state index in [1.165, 1.54) is 12.1 Å². The van der Waals surface area contributed by atoms with Crippen molar-refractivity contribution in [1.29, 1.82) is 0 Å². The fourth-order valence-corrected chi connectivity index (χ4v) is 4.04. The van der Waals surface area contributed by atoms with Crippen molar-refractivity contribution in [2.24, 2.45) is 0 Å². The summed E-state index contributed by atoms with van der Waals surface area (Å²) < 4.78 is 0. The number of hydrogen-bond donors (Lipinski definition) is 4. The van der Waals surface area contributed by atoms with E-state index in [9.17, 15) is 10.2 Å². The van der Waals surface area contributed by atoms with Gasteiger partial charge in [0.15, 0.2) is 0 Å². The van der Waals surface area contributed by atoms with Crippen LogP contribution < -0.4 is 11.5 Å². The molecule has 6 N–H and O–H groups in total. The zero-order valence-electron chi connectivity index (χ0n) is 15.8. The summed E-state index contributed by atoms with van der Waals surface area (Å²) in [5.41, 5.74) is 14.8. The van der Waals surface area contributed by atoms with Crippen molar-refractivity contribution in [2.75, 3.05) is 11.5 Å². The van der Waals surface area contributed by atoms with Gasteiger partial charge in [0.1, 0.15) is 11.5 Å². The molecule has 0 saturated carbocycles. The number of anilines is 2.